The van der Waals surface area contributed by atoms with Gasteiger partial charge in [0.2, 0.25) is 0 Å². The van der Waals surface area contributed by atoms with Crippen LogP contribution in [0.3, 0.4) is 0 Å². The van der Waals surface area contributed by atoms with Gasteiger partial charge in [-0.25, -0.2) is 4.68 Å². The Hall–Kier alpha value is -0.880. The van der Waals surface area contributed by atoms with Crippen molar-refractivity contribution in [1.82, 2.24) is 9.78 Å². The molecule has 1 aromatic heterocycles. The highest BCUT2D eigenvalue weighted by Crippen LogP contribution is 2.63. The predicted molar refractivity (Wildman–Crippen MR) is 83.0 cm³/mol. The molecule has 0 aliphatic heterocycles. The minimum atomic E-state index is -0.136. The molecule has 0 amide bonds. The molecule has 20 heavy (non-hydrogen) atoms. The largest absolute Gasteiger partial charge is 0.383 e. The van der Waals surface area contributed by atoms with Gasteiger partial charge in [0.05, 0.1) is 25.0 Å². The maximum Gasteiger partial charge on any atom is 0.283 e. The molecule has 0 unspecified atom stereocenters. The first-order chi connectivity index (χ1) is 9.23. The summed E-state index contributed by atoms with van der Waals surface area (Å²) in [7, 11) is 1.60. The number of rotatable bonds is 5. The van der Waals surface area contributed by atoms with Crippen LogP contribution < -0.4 is 10.9 Å². The van der Waals surface area contributed by atoms with Crippen LogP contribution in [0.2, 0.25) is 0 Å². The lowest BCUT2D eigenvalue weighted by Gasteiger charge is -2.11. The van der Waals surface area contributed by atoms with Crippen molar-refractivity contribution in [3.63, 3.8) is 0 Å². The molecule has 112 valence electrons. The molecule has 0 aromatic carbocycles. The maximum absolute atomic E-state index is 12.2. The Balaban J connectivity index is 2.19. The lowest BCUT2D eigenvalue weighted by atomic mass is 10.0. The maximum atomic E-state index is 12.2. The van der Waals surface area contributed by atoms with Gasteiger partial charge in [-0.3, -0.25) is 4.79 Å². The van der Waals surface area contributed by atoms with E-state index in [1.54, 1.807) is 13.3 Å². The van der Waals surface area contributed by atoms with Gasteiger partial charge in [-0.05, 0) is 26.8 Å². The molecule has 0 atom stereocenters. The Morgan fingerprint density at radius 2 is 2.00 bits per heavy atom. The van der Waals surface area contributed by atoms with E-state index in [4.69, 9.17) is 4.74 Å². The van der Waals surface area contributed by atoms with Crippen molar-refractivity contribution in [2.24, 2.45) is 10.8 Å². The van der Waals surface area contributed by atoms with E-state index in [1.165, 1.54) is 4.68 Å². The number of nitrogens with zero attached hydrogens (tertiary/aromatic N) is 2. The van der Waals surface area contributed by atoms with Crippen molar-refractivity contribution >= 4 is 21.6 Å². The van der Waals surface area contributed by atoms with Gasteiger partial charge in [0.1, 0.15) is 4.47 Å². The first-order valence-electron chi connectivity index (χ1n) is 6.74. The first-order valence-corrected chi connectivity index (χ1v) is 7.54. The van der Waals surface area contributed by atoms with Crippen molar-refractivity contribution in [3.8, 4) is 0 Å². The molecule has 0 spiro atoms. The van der Waals surface area contributed by atoms with E-state index < -0.39 is 0 Å². The summed E-state index contributed by atoms with van der Waals surface area (Å²) in [4.78, 5) is 12.2. The Bertz CT molecular complexity index is 552. The van der Waals surface area contributed by atoms with Crippen molar-refractivity contribution in [2.75, 3.05) is 19.0 Å². The van der Waals surface area contributed by atoms with Gasteiger partial charge in [-0.1, -0.05) is 27.7 Å². The van der Waals surface area contributed by atoms with Gasteiger partial charge < -0.3 is 10.1 Å². The molecule has 0 bridgehead atoms. The van der Waals surface area contributed by atoms with Crippen LogP contribution in [0.1, 0.15) is 27.7 Å². The smallest absolute Gasteiger partial charge is 0.283 e. The summed E-state index contributed by atoms with van der Waals surface area (Å²) in [6, 6.07) is 0.335. The third kappa shape index (κ3) is 2.39. The molecule has 1 N–H and O–H groups in total. The quantitative estimate of drug-likeness (QED) is 0.892. The van der Waals surface area contributed by atoms with Gasteiger partial charge in [-0.15, -0.1) is 0 Å². The first kappa shape index (κ1) is 15.5. The van der Waals surface area contributed by atoms with Crippen LogP contribution in [0, 0.1) is 10.8 Å². The molecule has 1 heterocycles. The Labute approximate surface area is 127 Å². The Kier molecular flexibility index (Phi) is 3.99. The molecule has 2 rings (SSSR count). The highest BCUT2D eigenvalue weighted by Gasteiger charge is 2.65. The SMILES string of the molecule is COCCn1ncc(NC2C(C)(C)C2(C)C)c(Br)c1=O. The van der Waals surface area contributed by atoms with Crippen LogP contribution in [-0.2, 0) is 11.3 Å². The van der Waals surface area contributed by atoms with E-state index in [-0.39, 0.29) is 16.4 Å². The van der Waals surface area contributed by atoms with Crippen LogP contribution in [0.4, 0.5) is 5.69 Å². The highest BCUT2D eigenvalue weighted by atomic mass is 79.9. The van der Waals surface area contributed by atoms with Crippen molar-refractivity contribution in [2.45, 2.75) is 40.3 Å². The minimum absolute atomic E-state index is 0.136. The summed E-state index contributed by atoms with van der Waals surface area (Å²) in [5, 5.41) is 7.62. The van der Waals surface area contributed by atoms with Crippen LogP contribution in [0.25, 0.3) is 0 Å². The molecule has 1 aromatic rings. The van der Waals surface area contributed by atoms with E-state index in [1.807, 2.05) is 0 Å². The molecular weight excluding hydrogens is 322 g/mol. The third-order valence-electron chi connectivity index (χ3n) is 4.81. The molecule has 1 saturated carbocycles. The van der Waals surface area contributed by atoms with E-state index >= 15 is 0 Å². The molecular formula is C14H22BrN3O2. The average Bonchev–Trinajstić information content (AvgIpc) is 2.76. The fourth-order valence-corrected chi connectivity index (χ4v) is 3.04. The number of anilines is 1. The highest BCUT2D eigenvalue weighted by molar-refractivity contribution is 9.10. The molecule has 0 saturated heterocycles. The van der Waals surface area contributed by atoms with Crippen LogP contribution >= 0.6 is 15.9 Å². The van der Waals surface area contributed by atoms with Crippen molar-refractivity contribution in [1.29, 1.82) is 0 Å². The predicted octanol–water partition coefficient (Wildman–Crippen LogP) is 2.50. The number of nitrogens with one attached hydrogen (secondary N) is 1. The van der Waals surface area contributed by atoms with Crippen molar-refractivity contribution in [3.05, 3.63) is 21.0 Å². The van der Waals surface area contributed by atoms with Gasteiger partial charge >= 0.3 is 0 Å². The number of aromatic nitrogens is 2. The molecule has 1 aliphatic rings. The topological polar surface area (TPSA) is 56.1 Å². The fraction of sp³-hybridized carbons (Fsp3) is 0.714. The zero-order valence-electron chi connectivity index (χ0n) is 12.7. The summed E-state index contributed by atoms with van der Waals surface area (Å²) in [6.45, 7) is 9.83. The monoisotopic (exact) mass is 343 g/mol. The standard InChI is InChI=1S/C14H22BrN3O2/c1-13(2)12(14(13,3)4)17-9-8-16-18(6-7-20-5)11(19)10(9)15/h8,12,17H,6-7H2,1-5H3. The Morgan fingerprint density at radius 1 is 1.40 bits per heavy atom. The second kappa shape index (κ2) is 5.15. The second-order valence-corrected chi connectivity index (χ2v) is 7.21. The Morgan fingerprint density at radius 3 is 2.50 bits per heavy atom. The van der Waals surface area contributed by atoms with Crippen LogP contribution in [-0.4, -0.2) is 29.5 Å². The molecule has 0 radical (unpaired) electrons. The van der Waals surface area contributed by atoms with Gasteiger partial charge in [0.25, 0.3) is 5.56 Å². The van der Waals surface area contributed by atoms with E-state index in [2.05, 4.69) is 54.0 Å². The number of ether oxygens (including phenoxy) is 1. The zero-order valence-corrected chi connectivity index (χ0v) is 14.2. The molecule has 1 fully saturated rings. The summed E-state index contributed by atoms with van der Waals surface area (Å²) >= 11 is 3.38. The van der Waals surface area contributed by atoms with Crippen LogP contribution in [0.5, 0.6) is 0 Å². The van der Waals surface area contributed by atoms with Gasteiger partial charge in [0, 0.05) is 13.2 Å². The fourth-order valence-electron chi connectivity index (χ4n) is 2.62. The molecule has 1 aliphatic carbocycles. The lowest BCUT2D eigenvalue weighted by molar-refractivity contribution is 0.181. The van der Waals surface area contributed by atoms with E-state index in [0.29, 0.717) is 23.7 Å². The number of methoxy groups -OCH3 is 1. The number of hydrogen-bond donors (Lipinski definition) is 1. The summed E-state index contributed by atoms with van der Waals surface area (Å²) < 4.78 is 6.90. The van der Waals surface area contributed by atoms with E-state index in [0.717, 1.165) is 5.69 Å². The second-order valence-electron chi connectivity index (χ2n) is 6.41. The summed E-state index contributed by atoms with van der Waals surface area (Å²) in [5.74, 6) is 0. The molecule has 6 heteroatoms. The van der Waals surface area contributed by atoms with Gasteiger partial charge in [-0.2, -0.15) is 5.10 Å². The van der Waals surface area contributed by atoms with Gasteiger partial charge in [0.15, 0.2) is 0 Å². The number of halogens is 1. The lowest BCUT2D eigenvalue weighted by Crippen LogP contribution is -2.27. The average molecular weight is 344 g/mol. The zero-order chi connectivity index (χ0) is 15.1. The minimum Gasteiger partial charge on any atom is -0.383 e. The van der Waals surface area contributed by atoms with E-state index in [9.17, 15) is 4.79 Å². The summed E-state index contributed by atoms with van der Waals surface area (Å²) in [5.41, 5.74) is 1.03. The summed E-state index contributed by atoms with van der Waals surface area (Å²) in [6.07, 6.45) is 1.70. The van der Waals surface area contributed by atoms with Crippen LogP contribution in [0.15, 0.2) is 15.5 Å². The number of hydrogen-bond acceptors (Lipinski definition) is 4. The van der Waals surface area contributed by atoms with Crippen molar-refractivity contribution < 1.29 is 4.74 Å². The third-order valence-corrected chi connectivity index (χ3v) is 5.58. The molecule has 5 nitrogen and oxygen atoms in total. The normalized spacial score (nSPS) is 19.9.